The largest absolute Gasteiger partial charge is 0.484 e. The molecule has 0 aliphatic carbocycles. The van der Waals surface area contributed by atoms with Crippen LogP contribution in [0.15, 0.2) is 48.5 Å². The summed E-state index contributed by atoms with van der Waals surface area (Å²) in [6.45, 7) is 8.31. The fourth-order valence-corrected chi connectivity index (χ4v) is 2.98. The molecule has 0 fully saturated rings. The van der Waals surface area contributed by atoms with E-state index in [9.17, 15) is 9.59 Å². The van der Waals surface area contributed by atoms with E-state index in [0.29, 0.717) is 23.2 Å². The summed E-state index contributed by atoms with van der Waals surface area (Å²) in [5.74, 6) is 0.495. The molecule has 1 unspecified atom stereocenters. The Morgan fingerprint density at radius 2 is 1.72 bits per heavy atom. The van der Waals surface area contributed by atoms with Crippen LogP contribution in [0.5, 0.6) is 5.75 Å². The van der Waals surface area contributed by atoms with Gasteiger partial charge in [-0.3, -0.25) is 9.59 Å². The Morgan fingerprint density at radius 3 is 2.38 bits per heavy atom. The van der Waals surface area contributed by atoms with Gasteiger partial charge >= 0.3 is 0 Å². The van der Waals surface area contributed by atoms with Crippen molar-refractivity contribution in [3.8, 4) is 5.75 Å². The normalized spacial score (nSPS) is 11.8. The molecule has 0 radical (unpaired) electrons. The highest BCUT2D eigenvalue weighted by Gasteiger charge is 2.27. The lowest BCUT2D eigenvalue weighted by Gasteiger charge is -2.29. The van der Waals surface area contributed by atoms with Gasteiger partial charge in [0.15, 0.2) is 6.61 Å². The molecule has 29 heavy (non-hydrogen) atoms. The molecule has 0 saturated carbocycles. The van der Waals surface area contributed by atoms with E-state index in [2.05, 4.69) is 5.32 Å². The monoisotopic (exact) mass is 416 g/mol. The summed E-state index contributed by atoms with van der Waals surface area (Å²) in [5.41, 5.74) is 1.72. The van der Waals surface area contributed by atoms with E-state index in [-0.39, 0.29) is 25.0 Å². The number of halogens is 1. The lowest BCUT2D eigenvalue weighted by molar-refractivity contribution is -0.142. The van der Waals surface area contributed by atoms with Crippen molar-refractivity contribution in [2.24, 2.45) is 5.92 Å². The van der Waals surface area contributed by atoms with E-state index < -0.39 is 6.04 Å². The fraction of sp³-hybridized carbons (Fsp3) is 0.391. The van der Waals surface area contributed by atoms with E-state index in [1.165, 1.54) is 4.90 Å². The maximum absolute atomic E-state index is 13.0. The predicted octanol–water partition coefficient (Wildman–Crippen LogP) is 4.22. The van der Waals surface area contributed by atoms with Gasteiger partial charge in [-0.15, -0.1) is 0 Å². The van der Waals surface area contributed by atoms with E-state index >= 15 is 0 Å². The van der Waals surface area contributed by atoms with Crippen molar-refractivity contribution < 1.29 is 14.3 Å². The van der Waals surface area contributed by atoms with Crippen molar-refractivity contribution >= 4 is 23.4 Å². The van der Waals surface area contributed by atoms with E-state index in [1.807, 2.05) is 63.2 Å². The smallest absolute Gasteiger partial charge is 0.261 e. The highest BCUT2D eigenvalue weighted by atomic mass is 35.5. The second kappa shape index (κ2) is 10.9. The van der Waals surface area contributed by atoms with Crippen LogP contribution in [0.1, 0.15) is 31.9 Å². The summed E-state index contributed by atoms with van der Waals surface area (Å²) < 4.78 is 5.72. The first-order valence-corrected chi connectivity index (χ1v) is 10.2. The number of amides is 2. The van der Waals surface area contributed by atoms with Crippen molar-refractivity contribution in [2.45, 2.75) is 40.3 Å². The summed E-state index contributed by atoms with van der Waals surface area (Å²) in [6.07, 6.45) is 0. The highest BCUT2D eigenvalue weighted by Crippen LogP contribution is 2.20. The van der Waals surface area contributed by atoms with Gasteiger partial charge < -0.3 is 15.0 Å². The SMILES string of the molecule is Cc1ccccc1OCC(=O)N(Cc1ccccc1Cl)C(C)C(=O)NCC(C)C. The van der Waals surface area contributed by atoms with Crippen LogP contribution in [0.2, 0.25) is 5.02 Å². The fourth-order valence-electron chi connectivity index (χ4n) is 2.79. The van der Waals surface area contributed by atoms with Gasteiger partial charge in [0.2, 0.25) is 5.91 Å². The molecule has 6 heteroatoms. The summed E-state index contributed by atoms with van der Waals surface area (Å²) >= 11 is 6.28. The Kier molecular flexibility index (Phi) is 8.52. The molecule has 156 valence electrons. The molecule has 0 heterocycles. The summed E-state index contributed by atoms with van der Waals surface area (Å²) in [7, 11) is 0. The second-order valence-corrected chi connectivity index (χ2v) is 7.89. The molecule has 2 aromatic rings. The molecular formula is C23H29ClN2O3. The molecule has 0 spiro atoms. The van der Waals surface area contributed by atoms with Crippen LogP contribution in [-0.4, -0.2) is 35.9 Å². The van der Waals surface area contributed by atoms with Crippen molar-refractivity contribution in [3.05, 3.63) is 64.7 Å². The minimum Gasteiger partial charge on any atom is -0.484 e. The van der Waals surface area contributed by atoms with Crippen LogP contribution in [0.25, 0.3) is 0 Å². The maximum atomic E-state index is 13.0. The molecular weight excluding hydrogens is 388 g/mol. The number of carbonyl (C=O) groups is 2. The number of hydrogen-bond acceptors (Lipinski definition) is 3. The first kappa shape index (κ1) is 22.8. The van der Waals surface area contributed by atoms with Gasteiger partial charge in [0, 0.05) is 18.1 Å². The molecule has 1 N–H and O–H groups in total. The van der Waals surface area contributed by atoms with Gasteiger partial charge in [-0.25, -0.2) is 0 Å². The zero-order chi connectivity index (χ0) is 21.4. The number of aryl methyl sites for hydroxylation is 1. The third-order valence-electron chi connectivity index (χ3n) is 4.60. The van der Waals surface area contributed by atoms with Crippen molar-refractivity contribution in [3.63, 3.8) is 0 Å². The Labute approximate surface area is 178 Å². The first-order valence-electron chi connectivity index (χ1n) is 9.78. The van der Waals surface area contributed by atoms with Gasteiger partial charge in [-0.05, 0) is 43.0 Å². The van der Waals surface area contributed by atoms with Crippen LogP contribution >= 0.6 is 11.6 Å². The van der Waals surface area contributed by atoms with Crippen molar-refractivity contribution in [1.82, 2.24) is 10.2 Å². The Morgan fingerprint density at radius 1 is 1.07 bits per heavy atom. The van der Waals surface area contributed by atoms with Crippen LogP contribution in [0, 0.1) is 12.8 Å². The van der Waals surface area contributed by atoms with Crippen molar-refractivity contribution in [2.75, 3.05) is 13.2 Å². The van der Waals surface area contributed by atoms with Crippen molar-refractivity contribution in [1.29, 1.82) is 0 Å². The number of benzene rings is 2. The maximum Gasteiger partial charge on any atom is 0.261 e. The molecule has 0 aromatic heterocycles. The van der Waals surface area contributed by atoms with E-state index in [1.54, 1.807) is 13.0 Å². The summed E-state index contributed by atoms with van der Waals surface area (Å²) in [5, 5.41) is 3.45. The lowest BCUT2D eigenvalue weighted by Crippen LogP contribution is -2.49. The van der Waals surface area contributed by atoms with Gasteiger partial charge in [-0.2, -0.15) is 0 Å². The number of para-hydroxylation sites is 1. The Bertz CT molecular complexity index is 838. The molecule has 5 nitrogen and oxygen atoms in total. The molecule has 2 aromatic carbocycles. The summed E-state index contributed by atoms with van der Waals surface area (Å²) in [6, 6.07) is 14.2. The van der Waals surface area contributed by atoms with E-state index in [4.69, 9.17) is 16.3 Å². The average Bonchev–Trinajstić information content (AvgIpc) is 2.70. The number of carbonyl (C=O) groups excluding carboxylic acids is 2. The Balaban J connectivity index is 2.16. The number of nitrogens with zero attached hydrogens (tertiary/aromatic N) is 1. The zero-order valence-corrected chi connectivity index (χ0v) is 18.2. The number of nitrogens with one attached hydrogen (secondary N) is 1. The minimum atomic E-state index is -0.655. The second-order valence-electron chi connectivity index (χ2n) is 7.48. The zero-order valence-electron chi connectivity index (χ0n) is 17.4. The number of ether oxygens (including phenoxy) is 1. The van der Waals surface area contributed by atoms with E-state index in [0.717, 1.165) is 11.1 Å². The van der Waals surface area contributed by atoms with Crippen LogP contribution in [-0.2, 0) is 16.1 Å². The topological polar surface area (TPSA) is 58.6 Å². The quantitative estimate of drug-likeness (QED) is 0.665. The predicted molar refractivity (Wildman–Crippen MR) is 116 cm³/mol. The minimum absolute atomic E-state index is 0.156. The van der Waals surface area contributed by atoms with Crippen LogP contribution < -0.4 is 10.1 Å². The average molecular weight is 417 g/mol. The molecule has 0 aliphatic rings. The molecule has 2 rings (SSSR count). The number of hydrogen-bond donors (Lipinski definition) is 1. The molecule has 2 amide bonds. The number of rotatable bonds is 9. The highest BCUT2D eigenvalue weighted by molar-refractivity contribution is 6.31. The van der Waals surface area contributed by atoms with Gasteiger partial charge in [0.25, 0.3) is 5.91 Å². The molecule has 0 bridgehead atoms. The molecule has 0 aliphatic heterocycles. The molecule has 1 atom stereocenters. The van der Waals surface area contributed by atoms with Gasteiger partial charge in [0.05, 0.1) is 0 Å². The van der Waals surface area contributed by atoms with Gasteiger partial charge in [-0.1, -0.05) is 61.8 Å². The first-order chi connectivity index (χ1) is 13.8. The van der Waals surface area contributed by atoms with Crippen LogP contribution in [0.3, 0.4) is 0 Å². The van der Waals surface area contributed by atoms with Gasteiger partial charge in [0.1, 0.15) is 11.8 Å². The lowest BCUT2D eigenvalue weighted by atomic mass is 10.1. The molecule has 0 saturated heterocycles. The standard InChI is InChI=1S/C23H29ClN2O3/c1-16(2)13-25-23(28)18(4)26(14-19-10-6-7-11-20(19)24)22(27)15-29-21-12-8-5-9-17(21)3/h5-12,16,18H,13-15H2,1-4H3,(H,25,28). The van der Waals surface area contributed by atoms with Crippen LogP contribution in [0.4, 0.5) is 0 Å². The third kappa shape index (κ3) is 6.79. The third-order valence-corrected chi connectivity index (χ3v) is 4.96. The summed E-state index contributed by atoms with van der Waals surface area (Å²) in [4.78, 5) is 27.1. The Hall–Kier alpha value is -2.53.